The number of nitrogens with one attached hydrogen (secondary N) is 2. The van der Waals surface area contributed by atoms with Crippen molar-refractivity contribution < 1.29 is 0 Å². The molecule has 0 aliphatic carbocycles. The molecular weight excluding hydrogens is 408 g/mol. The minimum atomic E-state index is 0.492. The van der Waals surface area contributed by atoms with Crippen LogP contribution in [0.15, 0.2) is 45.2 Å². The molecule has 0 saturated carbocycles. The first-order valence-electron chi connectivity index (χ1n) is 9.11. The van der Waals surface area contributed by atoms with Crippen LogP contribution in [0.2, 0.25) is 0 Å². The topological polar surface area (TPSA) is 39.7 Å². The summed E-state index contributed by atoms with van der Waals surface area (Å²) in [4.78, 5) is 8.29. The third-order valence-electron chi connectivity index (χ3n) is 4.86. The Bertz CT molecular complexity index is 718. The smallest absolute Gasteiger partial charge is 0.191 e. The fraction of sp³-hybridized carbons (Fsp3) is 0.450. The zero-order valence-electron chi connectivity index (χ0n) is 15.5. The van der Waals surface area contributed by atoms with Crippen molar-refractivity contribution >= 4 is 33.2 Å². The van der Waals surface area contributed by atoms with Crippen LogP contribution in [0.25, 0.3) is 0 Å². The number of piperidine rings is 1. The zero-order chi connectivity index (χ0) is 18.4. The highest BCUT2D eigenvalue weighted by molar-refractivity contribution is 9.10. The third kappa shape index (κ3) is 5.56. The fourth-order valence-electron chi connectivity index (χ4n) is 3.22. The van der Waals surface area contributed by atoms with Gasteiger partial charge in [0.1, 0.15) is 0 Å². The number of likely N-dealkylation sites (tertiary alicyclic amines) is 1. The van der Waals surface area contributed by atoms with Crippen LogP contribution in [0.3, 0.4) is 0 Å². The van der Waals surface area contributed by atoms with Crippen molar-refractivity contribution in [3.63, 3.8) is 0 Å². The second kappa shape index (κ2) is 9.53. The predicted molar refractivity (Wildman–Crippen MR) is 115 cm³/mol. The van der Waals surface area contributed by atoms with Gasteiger partial charge in [0.05, 0.1) is 6.54 Å². The van der Waals surface area contributed by atoms with Gasteiger partial charge < -0.3 is 10.6 Å². The second-order valence-electron chi connectivity index (χ2n) is 6.77. The van der Waals surface area contributed by atoms with E-state index in [-0.39, 0.29) is 0 Å². The first-order valence-corrected chi connectivity index (χ1v) is 10.8. The molecule has 2 aromatic rings. The summed E-state index contributed by atoms with van der Waals surface area (Å²) >= 11 is 5.29. The maximum absolute atomic E-state index is 4.39. The molecule has 0 amide bonds. The number of benzene rings is 1. The largest absolute Gasteiger partial charge is 0.354 e. The van der Waals surface area contributed by atoms with Crippen molar-refractivity contribution in [2.75, 3.05) is 20.1 Å². The number of hydrogen-bond donors (Lipinski definition) is 2. The molecule has 26 heavy (non-hydrogen) atoms. The Morgan fingerprint density at radius 3 is 2.58 bits per heavy atom. The van der Waals surface area contributed by atoms with Gasteiger partial charge in [-0.25, -0.2) is 0 Å². The van der Waals surface area contributed by atoms with E-state index >= 15 is 0 Å². The monoisotopic (exact) mass is 434 g/mol. The molecule has 140 valence electrons. The highest BCUT2D eigenvalue weighted by atomic mass is 79.9. The number of halogens is 1. The maximum atomic E-state index is 4.39. The average Bonchev–Trinajstić information content (AvgIpc) is 3.07. The van der Waals surface area contributed by atoms with Crippen molar-refractivity contribution in [1.82, 2.24) is 15.5 Å². The lowest BCUT2D eigenvalue weighted by molar-refractivity contribution is 0.198. The van der Waals surface area contributed by atoms with Crippen molar-refractivity contribution in [1.29, 1.82) is 0 Å². The van der Waals surface area contributed by atoms with E-state index in [0.29, 0.717) is 6.04 Å². The quantitative estimate of drug-likeness (QED) is 0.548. The lowest BCUT2D eigenvalue weighted by Crippen LogP contribution is -2.48. The standard InChI is InChI=1S/C20H27BrN4S/c1-15-9-12-26-19(15)13-23-20(22-2)24-18-7-10-25(11-8-18)14-16-3-5-17(21)6-4-16/h3-6,9,12,18H,7-8,10-11,13-14H2,1-2H3,(H2,22,23,24). The van der Waals surface area contributed by atoms with Gasteiger partial charge in [0.15, 0.2) is 5.96 Å². The SMILES string of the molecule is CN=C(NCc1sccc1C)NC1CCN(Cc2ccc(Br)cc2)CC1. The van der Waals surface area contributed by atoms with Crippen LogP contribution >= 0.6 is 27.3 Å². The van der Waals surface area contributed by atoms with Crippen LogP contribution in [0.1, 0.15) is 28.8 Å². The molecule has 6 heteroatoms. The molecule has 2 N–H and O–H groups in total. The molecule has 2 heterocycles. The number of rotatable bonds is 5. The third-order valence-corrected chi connectivity index (χ3v) is 6.41. The van der Waals surface area contributed by atoms with Crippen LogP contribution in [0, 0.1) is 6.92 Å². The van der Waals surface area contributed by atoms with Crippen LogP contribution in [0.5, 0.6) is 0 Å². The van der Waals surface area contributed by atoms with Crippen molar-refractivity contribution in [3.05, 3.63) is 56.2 Å². The molecule has 1 aliphatic heterocycles. The van der Waals surface area contributed by atoms with Crippen molar-refractivity contribution in [3.8, 4) is 0 Å². The molecule has 0 unspecified atom stereocenters. The molecular formula is C20H27BrN4S. The Kier molecular flexibility index (Phi) is 7.11. The minimum Gasteiger partial charge on any atom is -0.354 e. The van der Waals surface area contributed by atoms with Gasteiger partial charge in [-0.05, 0) is 54.5 Å². The van der Waals surface area contributed by atoms with Gasteiger partial charge in [-0.3, -0.25) is 9.89 Å². The first-order chi connectivity index (χ1) is 12.6. The first kappa shape index (κ1) is 19.4. The Labute approximate surface area is 168 Å². The van der Waals surface area contributed by atoms with Gasteiger partial charge in [0.2, 0.25) is 0 Å². The van der Waals surface area contributed by atoms with E-state index in [2.05, 4.69) is 79.1 Å². The molecule has 1 aromatic heterocycles. The molecule has 0 radical (unpaired) electrons. The molecule has 4 nitrogen and oxygen atoms in total. The highest BCUT2D eigenvalue weighted by Gasteiger charge is 2.20. The van der Waals surface area contributed by atoms with Crippen LogP contribution in [-0.2, 0) is 13.1 Å². The van der Waals surface area contributed by atoms with E-state index in [4.69, 9.17) is 0 Å². The normalized spacial score (nSPS) is 16.7. The summed E-state index contributed by atoms with van der Waals surface area (Å²) in [5.41, 5.74) is 2.72. The van der Waals surface area contributed by atoms with Crippen LogP contribution in [0.4, 0.5) is 0 Å². The fourth-order valence-corrected chi connectivity index (χ4v) is 4.33. The summed E-state index contributed by atoms with van der Waals surface area (Å²) in [7, 11) is 1.85. The molecule has 1 fully saturated rings. The predicted octanol–water partition coefficient (Wildman–Crippen LogP) is 4.15. The van der Waals surface area contributed by atoms with E-state index in [1.165, 1.54) is 16.0 Å². The number of aliphatic imine (C=N–C) groups is 1. The van der Waals surface area contributed by atoms with Gasteiger partial charge in [-0.2, -0.15) is 0 Å². The van der Waals surface area contributed by atoms with Gasteiger partial charge >= 0.3 is 0 Å². The summed E-state index contributed by atoms with van der Waals surface area (Å²) in [6.07, 6.45) is 2.30. The van der Waals surface area contributed by atoms with E-state index < -0.39 is 0 Å². The average molecular weight is 435 g/mol. The highest BCUT2D eigenvalue weighted by Crippen LogP contribution is 2.17. The zero-order valence-corrected chi connectivity index (χ0v) is 17.9. The summed E-state index contributed by atoms with van der Waals surface area (Å²) in [6, 6.07) is 11.3. The molecule has 1 saturated heterocycles. The number of thiophene rings is 1. The van der Waals surface area contributed by atoms with E-state index in [1.54, 1.807) is 11.3 Å². The van der Waals surface area contributed by atoms with Crippen molar-refractivity contribution in [2.45, 2.75) is 38.9 Å². The van der Waals surface area contributed by atoms with Crippen LogP contribution < -0.4 is 10.6 Å². The Morgan fingerprint density at radius 2 is 1.96 bits per heavy atom. The van der Waals surface area contributed by atoms with E-state index in [0.717, 1.165) is 49.5 Å². The summed E-state index contributed by atoms with van der Waals surface area (Å²) in [5, 5.41) is 9.18. The number of nitrogens with zero attached hydrogens (tertiary/aromatic N) is 2. The molecule has 0 atom stereocenters. The summed E-state index contributed by atoms with van der Waals surface area (Å²) in [6.45, 7) is 6.27. The van der Waals surface area contributed by atoms with Gasteiger partial charge in [0.25, 0.3) is 0 Å². The second-order valence-corrected chi connectivity index (χ2v) is 8.69. The van der Waals surface area contributed by atoms with Crippen LogP contribution in [-0.4, -0.2) is 37.0 Å². The Hall–Kier alpha value is -1.37. The number of aryl methyl sites for hydroxylation is 1. The summed E-state index contributed by atoms with van der Waals surface area (Å²) in [5.74, 6) is 0.907. The lowest BCUT2D eigenvalue weighted by atomic mass is 10.0. The van der Waals surface area contributed by atoms with Gasteiger partial charge in [-0.1, -0.05) is 28.1 Å². The van der Waals surface area contributed by atoms with E-state index in [9.17, 15) is 0 Å². The Balaban J connectivity index is 1.42. The lowest BCUT2D eigenvalue weighted by Gasteiger charge is -2.33. The van der Waals surface area contributed by atoms with Gasteiger partial charge in [0, 0.05) is 42.1 Å². The number of guanidine groups is 1. The molecule has 3 rings (SSSR count). The van der Waals surface area contributed by atoms with Gasteiger partial charge in [-0.15, -0.1) is 11.3 Å². The Morgan fingerprint density at radius 1 is 1.23 bits per heavy atom. The van der Waals surface area contributed by atoms with E-state index in [1.807, 2.05) is 7.05 Å². The maximum Gasteiger partial charge on any atom is 0.191 e. The molecule has 1 aromatic carbocycles. The molecule has 0 spiro atoms. The molecule has 0 bridgehead atoms. The minimum absolute atomic E-state index is 0.492. The molecule has 1 aliphatic rings. The van der Waals surface area contributed by atoms with Crippen molar-refractivity contribution in [2.24, 2.45) is 4.99 Å². The summed E-state index contributed by atoms with van der Waals surface area (Å²) < 4.78 is 1.14. The number of hydrogen-bond acceptors (Lipinski definition) is 3.